The number of non-ortho nitro benzene ring substituents is 1. The van der Waals surface area contributed by atoms with Crippen molar-refractivity contribution < 1.29 is 9.31 Å². The van der Waals surface area contributed by atoms with Crippen LogP contribution in [0.4, 0.5) is 15.8 Å². The normalized spacial score (nSPS) is 11.1. The van der Waals surface area contributed by atoms with E-state index in [9.17, 15) is 14.5 Å². The van der Waals surface area contributed by atoms with Crippen molar-refractivity contribution in [3.05, 3.63) is 75.7 Å². The van der Waals surface area contributed by atoms with Crippen molar-refractivity contribution in [3.8, 4) is 0 Å². The average molecular weight is 324 g/mol. The number of nitro benzene ring substituents is 1. The Morgan fingerprint density at radius 2 is 2.08 bits per heavy atom. The van der Waals surface area contributed by atoms with Gasteiger partial charge in [0.2, 0.25) is 0 Å². The molecule has 24 heavy (non-hydrogen) atoms. The molecule has 0 radical (unpaired) electrons. The zero-order chi connectivity index (χ0) is 17.1. The van der Waals surface area contributed by atoms with E-state index in [2.05, 4.69) is 15.5 Å². The Morgan fingerprint density at radius 3 is 2.88 bits per heavy atom. The molecule has 3 aromatic rings. The standard InChI is InChI=1S/C17H13FN4O2/c1-11-7-17(15-6-5-13(18)9-16(15)20-11)21-19-10-12-3-2-4-14(8-12)22(23)24/h2-10H,1H3,(H,20,21). The lowest BCUT2D eigenvalue weighted by Crippen LogP contribution is -1.96. The van der Waals surface area contributed by atoms with Crippen LogP contribution in [0.15, 0.2) is 53.6 Å². The van der Waals surface area contributed by atoms with Crippen LogP contribution in [0, 0.1) is 22.9 Å². The molecule has 0 unspecified atom stereocenters. The molecule has 0 atom stereocenters. The van der Waals surface area contributed by atoms with Crippen molar-refractivity contribution >= 4 is 28.5 Å². The van der Waals surface area contributed by atoms with Gasteiger partial charge in [0.05, 0.1) is 22.3 Å². The van der Waals surface area contributed by atoms with E-state index in [4.69, 9.17) is 0 Å². The average Bonchev–Trinajstić information content (AvgIpc) is 2.54. The molecular weight excluding hydrogens is 311 g/mol. The summed E-state index contributed by atoms with van der Waals surface area (Å²) in [6.45, 7) is 1.81. The highest BCUT2D eigenvalue weighted by Crippen LogP contribution is 2.24. The molecule has 120 valence electrons. The monoisotopic (exact) mass is 324 g/mol. The van der Waals surface area contributed by atoms with Gasteiger partial charge in [-0.1, -0.05) is 12.1 Å². The number of fused-ring (bicyclic) bond motifs is 1. The van der Waals surface area contributed by atoms with Crippen molar-refractivity contribution in [2.45, 2.75) is 6.92 Å². The quantitative estimate of drug-likeness (QED) is 0.446. The number of halogens is 1. The van der Waals surface area contributed by atoms with Crippen molar-refractivity contribution in [1.82, 2.24) is 4.98 Å². The van der Waals surface area contributed by atoms with Gasteiger partial charge in [-0.3, -0.25) is 20.5 Å². The summed E-state index contributed by atoms with van der Waals surface area (Å²) in [7, 11) is 0. The molecule has 6 nitrogen and oxygen atoms in total. The Morgan fingerprint density at radius 1 is 1.25 bits per heavy atom. The molecule has 1 heterocycles. The number of aromatic nitrogens is 1. The maximum atomic E-state index is 13.3. The molecule has 0 saturated heterocycles. The van der Waals surface area contributed by atoms with E-state index in [1.165, 1.54) is 30.5 Å². The van der Waals surface area contributed by atoms with Gasteiger partial charge in [-0.25, -0.2) is 4.39 Å². The van der Waals surface area contributed by atoms with Gasteiger partial charge in [0.1, 0.15) is 5.82 Å². The first kappa shape index (κ1) is 15.5. The maximum absolute atomic E-state index is 13.3. The van der Waals surface area contributed by atoms with Gasteiger partial charge in [0.15, 0.2) is 0 Å². The fourth-order valence-electron chi connectivity index (χ4n) is 2.32. The van der Waals surface area contributed by atoms with Gasteiger partial charge in [-0.2, -0.15) is 5.10 Å². The van der Waals surface area contributed by atoms with Crippen LogP contribution >= 0.6 is 0 Å². The second-order valence-corrected chi connectivity index (χ2v) is 5.19. The van der Waals surface area contributed by atoms with E-state index in [-0.39, 0.29) is 11.5 Å². The number of hydrogen-bond acceptors (Lipinski definition) is 5. The van der Waals surface area contributed by atoms with Crippen LogP contribution in [0.2, 0.25) is 0 Å². The van der Waals surface area contributed by atoms with Gasteiger partial charge < -0.3 is 0 Å². The number of rotatable bonds is 4. The summed E-state index contributed by atoms with van der Waals surface area (Å²) in [6.07, 6.45) is 1.48. The lowest BCUT2D eigenvalue weighted by atomic mass is 10.1. The third kappa shape index (κ3) is 3.35. The second kappa shape index (κ2) is 6.41. The van der Waals surface area contributed by atoms with Crippen LogP contribution in [0.1, 0.15) is 11.3 Å². The highest BCUT2D eigenvalue weighted by atomic mass is 19.1. The number of aryl methyl sites for hydroxylation is 1. The predicted octanol–water partition coefficient (Wildman–Crippen LogP) is 4.04. The van der Waals surface area contributed by atoms with E-state index < -0.39 is 4.92 Å². The smallest absolute Gasteiger partial charge is 0.270 e. The molecule has 0 fully saturated rings. The zero-order valence-electron chi connectivity index (χ0n) is 12.7. The van der Waals surface area contributed by atoms with Crippen LogP contribution in [0.5, 0.6) is 0 Å². The van der Waals surface area contributed by atoms with Gasteiger partial charge in [-0.15, -0.1) is 0 Å². The number of nitrogens with zero attached hydrogens (tertiary/aromatic N) is 3. The molecule has 0 bridgehead atoms. The molecule has 1 aromatic heterocycles. The van der Waals surface area contributed by atoms with Crippen molar-refractivity contribution in [2.75, 3.05) is 5.43 Å². The first-order valence-electron chi connectivity index (χ1n) is 7.13. The Balaban J connectivity index is 1.88. The summed E-state index contributed by atoms with van der Waals surface area (Å²) < 4.78 is 13.3. The lowest BCUT2D eigenvalue weighted by molar-refractivity contribution is -0.384. The largest absolute Gasteiger partial charge is 0.278 e. The Bertz CT molecular complexity index is 951. The minimum Gasteiger partial charge on any atom is -0.278 e. The summed E-state index contributed by atoms with van der Waals surface area (Å²) >= 11 is 0. The maximum Gasteiger partial charge on any atom is 0.270 e. The third-order valence-corrected chi connectivity index (χ3v) is 3.38. The molecule has 7 heteroatoms. The van der Waals surface area contributed by atoms with E-state index in [0.29, 0.717) is 16.8 Å². The number of anilines is 1. The summed E-state index contributed by atoms with van der Waals surface area (Å²) in [5.41, 5.74) is 5.41. The van der Waals surface area contributed by atoms with E-state index in [1.807, 2.05) is 0 Å². The van der Waals surface area contributed by atoms with Gasteiger partial charge in [0, 0.05) is 34.8 Å². The van der Waals surface area contributed by atoms with Crippen LogP contribution in [-0.2, 0) is 0 Å². The first-order valence-corrected chi connectivity index (χ1v) is 7.13. The van der Waals surface area contributed by atoms with Gasteiger partial charge >= 0.3 is 0 Å². The summed E-state index contributed by atoms with van der Waals surface area (Å²) in [5.74, 6) is -0.355. The Hall–Kier alpha value is -3.35. The van der Waals surface area contributed by atoms with Gasteiger partial charge in [-0.05, 0) is 25.1 Å². The number of hydrazone groups is 1. The molecule has 1 N–H and O–H groups in total. The molecule has 0 aliphatic carbocycles. The van der Waals surface area contributed by atoms with E-state index in [0.717, 1.165) is 11.1 Å². The molecule has 2 aromatic carbocycles. The Kier molecular flexibility index (Phi) is 4.15. The predicted molar refractivity (Wildman–Crippen MR) is 90.8 cm³/mol. The number of benzene rings is 2. The Labute approximate surface area is 136 Å². The summed E-state index contributed by atoms with van der Waals surface area (Å²) in [5, 5.41) is 15.6. The zero-order valence-corrected chi connectivity index (χ0v) is 12.7. The second-order valence-electron chi connectivity index (χ2n) is 5.19. The minimum atomic E-state index is -0.459. The van der Waals surface area contributed by atoms with Crippen LogP contribution in [0.25, 0.3) is 10.9 Å². The van der Waals surface area contributed by atoms with Crippen LogP contribution < -0.4 is 5.43 Å². The SMILES string of the molecule is Cc1cc(NN=Cc2cccc([N+](=O)[O-])c2)c2ccc(F)cc2n1. The molecule has 0 aliphatic heterocycles. The third-order valence-electron chi connectivity index (χ3n) is 3.38. The topological polar surface area (TPSA) is 80.4 Å². The highest BCUT2D eigenvalue weighted by Gasteiger charge is 2.06. The summed E-state index contributed by atoms with van der Waals surface area (Å²) in [6, 6.07) is 12.3. The van der Waals surface area contributed by atoms with Crippen LogP contribution in [0.3, 0.4) is 0 Å². The van der Waals surface area contributed by atoms with Crippen molar-refractivity contribution in [1.29, 1.82) is 0 Å². The van der Waals surface area contributed by atoms with E-state index >= 15 is 0 Å². The number of pyridine rings is 1. The molecule has 3 rings (SSSR count). The van der Waals surface area contributed by atoms with Gasteiger partial charge in [0.25, 0.3) is 5.69 Å². The fourth-order valence-corrected chi connectivity index (χ4v) is 2.32. The number of nitro groups is 1. The molecule has 0 amide bonds. The first-order chi connectivity index (χ1) is 11.5. The highest BCUT2D eigenvalue weighted by molar-refractivity contribution is 5.92. The molecular formula is C17H13FN4O2. The minimum absolute atomic E-state index is 0.000342. The lowest BCUT2D eigenvalue weighted by Gasteiger charge is -2.07. The molecule has 0 saturated carbocycles. The van der Waals surface area contributed by atoms with Crippen LogP contribution in [-0.4, -0.2) is 16.1 Å². The van der Waals surface area contributed by atoms with E-state index in [1.54, 1.807) is 31.2 Å². The summed E-state index contributed by atoms with van der Waals surface area (Å²) in [4.78, 5) is 14.6. The molecule has 0 aliphatic rings. The number of hydrogen-bond donors (Lipinski definition) is 1. The molecule has 0 spiro atoms. The fraction of sp³-hybridized carbons (Fsp3) is 0.0588. The number of nitrogens with one attached hydrogen (secondary N) is 1. The van der Waals surface area contributed by atoms with Crippen molar-refractivity contribution in [2.24, 2.45) is 5.10 Å². The van der Waals surface area contributed by atoms with Crippen molar-refractivity contribution in [3.63, 3.8) is 0 Å².